The van der Waals surface area contributed by atoms with Crippen LogP contribution in [-0.2, 0) is 0 Å². The van der Waals surface area contributed by atoms with Crippen molar-refractivity contribution in [3.8, 4) is 23.3 Å². The summed E-state index contributed by atoms with van der Waals surface area (Å²) < 4.78 is 78.8. The van der Waals surface area contributed by atoms with Gasteiger partial charge >= 0.3 is 5.97 Å². The Balaban J connectivity index is 1.60. The highest BCUT2D eigenvalue weighted by atomic mass is 19.2. The molecule has 3 nitrogen and oxygen atoms in total. The van der Waals surface area contributed by atoms with Gasteiger partial charge in [-0.25, -0.2) is 26.7 Å². The molecule has 0 heterocycles. The Labute approximate surface area is 212 Å². The van der Waals surface area contributed by atoms with Crippen molar-refractivity contribution < 1.29 is 36.2 Å². The fourth-order valence-corrected chi connectivity index (χ4v) is 3.41. The molecule has 0 unspecified atom stereocenters. The van der Waals surface area contributed by atoms with Crippen LogP contribution in [0, 0.1) is 40.9 Å². The SMILES string of the molecule is CCCCCCCCOc1ccc(C#Cc2cc(F)c(OC(=O)c3cc(F)c(F)c(F)c3)c(F)c2)cc1. The van der Waals surface area contributed by atoms with E-state index in [1.54, 1.807) is 24.3 Å². The van der Waals surface area contributed by atoms with Crippen LogP contribution < -0.4 is 9.47 Å². The van der Waals surface area contributed by atoms with Crippen LogP contribution in [-0.4, -0.2) is 12.6 Å². The van der Waals surface area contributed by atoms with E-state index in [2.05, 4.69) is 23.5 Å². The number of ether oxygens (including phenoxy) is 2. The summed E-state index contributed by atoms with van der Waals surface area (Å²) in [4.78, 5) is 12.0. The standard InChI is InChI=1S/C29H25F5O3/c1-2-3-4-5-6-7-14-36-22-12-10-19(11-13-22)8-9-20-15-25(32)28(26(33)16-20)37-29(35)21-17-23(30)27(34)24(31)18-21/h10-13,15-18H,2-7,14H2,1H3. The molecule has 0 aliphatic carbocycles. The van der Waals surface area contributed by atoms with E-state index in [0.717, 1.165) is 25.0 Å². The molecule has 0 saturated carbocycles. The minimum absolute atomic E-state index is 0.0305. The Morgan fingerprint density at radius 2 is 1.30 bits per heavy atom. The van der Waals surface area contributed by atoms with Crippen LogP contribution in [0.2, 0.25) is 0 Å². The molecule has 8 heteroatoms. The maximum atomic E-state index is 14.4. The number of halogens is 5. The largest absolute Gasteiger partial charge is 0.494 e. The molecule has 0 aromatic heterocycles. The summed E-state index contributed by atoms with van der Waals surface area (Å²) in [6.45, 7) is 2.80. The Morgan fingerprint density at radius 1 is 0.730 bits per heavy atom. The normalized spacial score (nSPS) is 10.5. The average molecular weight is 517 g/mol. The number of carbonyl (C=O) groups excluding carboxylic acids is 1. The summed E-state index contributed by atoms with van der Waals surface area (Å²) in [5.41, 5.74) is -0.195. The first kappa shape index (κ1) is 27.7. The van der Waals surface area contributed by atoms with Gasteiger partial charge in [-0.3, -0.25) is 0 Å². The Kier molecular flexibility index (Phi) is 10.1. The number of hydrogen-bond donors (Lipinski definition) is 0. The summed E-state index contributed by atoms with van der Waals surface area (Å²) in [6, 6.07) is 9.37. The quantitative estimate of drug-likeness (QED) is 0.0691. The van der Waals surface area contributed by atoms with Gasteiger partial charge in [0.05, 0.1) is 12.2 Å². The van der Waals surface area contributed by atoms with Crippen LogP contribution in [0.25, 0.3) is 0 Å². The minimum Gasteiger partial charge on any atom is -0.494 e. The average Bonchev–Trinajstić information content (AvgIpc) is 2.88. The Morgan fingerprint density at radius 3 is 1.92 bits per heavy atom. The lowest BCUT2D eigenvalue weighted by Gasteiger charge is -2.08. The number of hydrogen-bond acceptors (Lipinski definition) is 3. The number of rotatable bonds is 10. The van der Waals surface area contributed by atoms with Crippen molar-refractivity contribution in [2.75, 3.05) is 6.61 Å². The van der Waals surface area contributed by atoms with E-state index in [0.29, 0.717) is 30.1 Å². The third-order valence-corrected chi connectivity index (χ3v) is 5.38. The first-order valence-electron chi connectivity index (χ1n) is 11.9. The monoisotopic (exact) mass is 516 g/mol. The summed E-state index contributed by atoms with van der Waals surface area (Å²) >= 11 is 0. The van der Waals surface area contributed by atoms with Gasteiger partial charge in [-0.1, -0.05) is 50.9 Å². The van der Waals surface area contributed by atoms with Crippen molar-refractivity contribution in [1.29, 1.82) is 0 Å². The van der Waals surface area contributed by atoms with Gasteiger partial charge in [0, 0.05) is 11.1 Å². The molecule has 0 bridgehead atoms. The van der Waals surface area contributed by atoms with Crippen molar-refractivity contribution in [3.05, 3.63) is 94.3 Å². The zero-order valence-corrected chi connectivity index (χ0v) is 20.2. The molecule has 0 saturated heterocycles. The highest BCUT2D eigenvalue weighted by Crippen LogP contribution is 2.25. The predicted molar refractivity (Wildman–Crippen MR) is 129 cm³/mol. The van der Waals surface area contributed by atoms with E-state index in [4.69, 9.17) is 4.74 Å². The number of unbranched alkanes of at least 4 members (excludes halogenated alkanes) is 5. The molecule has 3 rings (SSSR count). The second-order valence-electron chi connectivity index (χ2n) is 8.30. The number of benzene rings is 3. The summed E-state index contributed by atoms with van der Waals surface area (Å²) in [5, 5.41) is 0. The fraction of sp³-hybridized carbons (Fsp3) is 0.276. The lowest BCUT2D eigenvalue weighted by atomic mass is 10.1. The zero-order valence-electron chi connectivity index (χ0n) is 20.2. The summed E-state index contributed by atoms with van der Waals surface area (Å²) in [7, 11) is 0. The number of esters is 1. The molecule has 194 valence electrons. The molecule has 0 atom stereocenters. The highest BCUT2D eigenvalue weighted by Gasteiger charge is 2.20. The van der Waals surface area contributed by atoms with Crippen LogP contribution in [0.5, 0.6) is 11.5 Å². The molecule has 0 amide bonds. The van der Waals surface area contributed by atoms with Crippen molar-refractivity contribution in [1.82, 2.24) is 0 Å². The smallest absolute Gasteiger partial charge is 0.343 e. The van der Waals surface area contributed by atoms with E-state index >= 15 is 0 Å². The third kappa shape index (κ3) is 8.07. The van der Waals surface area contributed by atoms with Crippen molar-refractivity contribution >= 4 is 5.97 Å². The second-order valence-corrected chi connectivity index (χ2v) is 8.30. The Hall–Kier alpha value is -3.86. The molecule has 0 fully saturated rings. The molecule has 0 aliphatic rings. The molecule has 3 aromatic carbocycles. The van der Waals surface area contributed by atoms with E-state index in [-0.39, 0.29) is 5.56 Å². The van der Waals surface area contributed by atoms with Gasteiger partial charge in [0.2, 0.25) is 5.75 Å². The summed E-state index contributed by atoms with van der Waals surface area (Å²) in [5.74, 6) is -4.02. The van der Waals surface area contributed by atoms with Gasteiger partial charge in [0.25, 0.3) is 0 Å². The van der Waals surface area contributed by atoms with Crippen molar-refractivity contribution in [2.24, 2.45) is 0 Å². The predicted octanol–water partition coefficient (Wildman–Crippen LogP) is 7.74. The van der Waals surface area contributed by atoms with Crippen molar-refractivity contribution in [2.45, 2.75) is 45.4 Å². The molecule has 0 spiro atoms. The number of carbonyl (C=O) groups is 1. The van der Waals surface area contributed by atoms with Crippen LogP contribution in [0.4, 0.5) is 22.0 Å². The molecule has 3 aromatic rings. The maximum absolute atomic E-state index is 14.4. The summed E-state index contributed by atoms with van der Waals surface area (Å²) in [6.07, 6.45) is 7.00. The van der Waals surface area contributed by atoms with E-state index in [1.807, 2.05) is 0 Å². The van der Waals surface area contributed by atoms with E-state index < -0.39 is 46.4 Å². The van der Waals surface area contributed by atoms with Gasteiger partial charge in [-0.05, 0) is 55.0 Å². The van der Waals surface area contributed by atoms with E-state index in [9.17, 15) is 26.7 Å². The molecular formula is C29H25F5O3. The van der Waals surface area contributed by atoms with Gasteiger partial charge in [0.15, 0.2) is 29.1 Å². The molecule has 37 heavy (non-hydrogen) atoms. The molecule has 0 N–H and O–H groups in total. The van der Waals surface area contributed by atoms with Crippen LogP contribution in [0.3, 0.4) is 0 Å². The van der Waals surface area contributed by atoms with Gasteiger partial charge in [-0.2, -0.15) is 0 Å². The molecular weight excluding hydrogens is 491 g/mol. The lowest BCUT2D eigenvalue weighted by Crippen LogP contribution is -2.12. The van der Waals surface area contributed by atoms with Crippen molar-refractivity contribution in [3.63, 3.8) is 0 Å². The zero-order chi connectivity index (χ0) is 26.8. The Bertz CT molecular complexity index is 1250. The van der Waals surface area contributed by atoms with Gasteiger partial charge < -0.3 is 9.47 Å². The minimum atomic E-state index is -1.79. The molecule has 0 radical (unpaired) electrons. The van der Waals surface area contributed by atoms with Gasteiger partial charge in [-0.15, -0.1) is 0 Å². The van der Waals surface area contributed by atoms with Gasteiger partial charge in [0.1, 0.15) is 5.75 Å². The maximum Gasteiger partial charge on any atom is 0.343 e. The fourth-order valence-electron chi connectivity index (χ4n) is 3.41. The lowest BCUT2D eigenvalue weighted by molar-refractivity contribution is 0.0718. The highest BCUT2D eigenvalue weighted by molar-refractivity contribution is 5.91. The first-order valence-corrected chi connectivity index (χ1v) is 11.9. The van der Waals surface area contributed by atoms with Crippen LogP contribution in [0.15, 0.2) is 48.5 Å². The van der Waals surface area contributed by atoms with Crippen LogP contribution in [0.1, 0.15) is 66.9 Å². The second kappa shape index (κ2) is 13.4. The van der Waals surface area contributed by atoms with E-state index in [1.165, 1.54) is 25.7 Å². The topological polar surface area (TPSA) is 35.5 Å². The molecule has 0 aliphatic heterocycles. The third-order valence-electron chi connectivity index (χ3n) is 5.38. The first-order chi connectivity index (χ1) is 17.8. The van der Waals surface area contributed by atoms with Crippen LogP contribution >= 0.6 is 0 Å².